The Hall–Kier alpha value is -2.69. The molecule has 1 N–H and O–H groups in total. The van der Waals surface area contributed by atoms with Crippen LogP contribution in [0.1, 0.15) is 50.3 Å². The third-order valence-electron chi connectivity index (χ3n) is 5.68. The molecule has 0 aliphatic carbocycles. The van der Waals surface area contributed by atoms with Gasteiger partial charge in [0.2, 0.25) is 5.88 Å². The fourth-order valence-corrected chi connectivity index (χ4v) is 5.36. The zero-order chi connectivity index (χ0) is 25.8. The molecule has 0 saturated heterocycles. The predicted octanol–water partition coefficient (Wildman–Crippen LogP) is 7.07. The van der Waals surface area contributed by atoms with Crippen LogP contribution in [0.4, 0.5) is 4.39 Å². The van der Waals surface area contributed by atoms with Crippen molar-refractivity contribution in [3.8, 4) is 22.8 Å². The number of aromatic nitrogens is 1. The maximum absolute atomic E-state index is 14.8. The highest BCUT2D eigenvalue weighted by Gasteiger charge is 2.19. The fourth-order valence-electron chi connectivity index (χ4n) is 4.14. The molecule has 188 valence electrons. The van der Waals surface area contributed by atoms with Crippen LogP contribution in [0.3, 0.4) is 0 Å². The smallest absolute Gasteiger partial charge is 0.213 e. The van der Waals surface area contributed by atoms with Crippen LogP contribution in [0.5, 0.6) is 11.6 Å². The minimum Gasteiger partial charge on any atom is -0.497 e. The summed E-state index contributed by atoms with van der Waals surface area (Å²) < 4.78 is 37.8. The van der Waals surface area contributed by atoms with E-state index in [1.165, 1.54) is 12.7 Å². The second kappa shape index (κ2) is 10.9. The summed E-state index contributed by atoms with van der Waals surface area (Å²) in [5.41, 5.74) is 4.23. The van der Waals surface area contributed by atoms with Gasteiger partial charge in [0.15, 0.2) is 7.37 Å². The molecule has 2 unspecified atom stereocenters. The molecule has 0 aliphatic heterocycles. The molecule has 0 spiro atoms. The van der Waals surface area contributed by atoms with E-state index in [1.54, 1.807) is 25.4 Å². The second-order valence-electron chi connectivity index (χ2n) is 10.4. The Morgan fingerprint density at radius 2 is 1.83 bits per heavy atom. The van der Waals surface area contributed by atoms with Crippen molar-refractivity contribution in [3.63, 3.8) is 0 Å². The Morgan fingerprint density at radius 3 is 2.49 bits per heavy atom. The van der Waals surface area contributed by atoms with Crippen LogP contribution in [-0.2, 0) is 17.6 Å². The minimum atomic E-state index is -3.12. The highest BCUT2D eigenvalue weighted by atomic mass is 31.2. The van der Waals surface area contributed by atoms with Gasteiger partial charge in [-0.2, -0.15) is 0 Å². The average molecular weight is 500 g/mol. The van der Waals surface area contributed by atoms with Crippen molar-refractivity contribution in [1.29, 1.82) is 0 Å². The molecule has 0 amide bonds. The van der Waals surface area contributed by atoms with E-state index in [0.717, 1.165) is 28.7 Å². The Bertz CT molecular complexity index is 1220. The summed E-state index contributed by atoms with van der Waals surface area (Å²) in [5, 5.41) is 0. The van der Waals surface area contributed by atoms with Crippen molar-refractivity contribution in [3.05, 3.63) is 77.2 Å². The summed E-state index contributed by atoms with van der Waals surface area (Å²) in [6.07, 6.45) is 2.62. The van der Waals surface area contributed by atoms with Crippen LogP contribution in [-0.4, -0.2) is 29.8 Å². The molecule has 35 heavy (non-hydrogen) atoms. The number of benzene rings is 2. The van der Waals surface area contributed by atoms with Crippen molar-refractivity contribution in [2.75, 3.05) is 19.9 Å². The first kappa shape index (κ1) is 26.9. The molecule has 0 aliphatic rings. The van der Waals surface area contributed by atoms with Gasteiger partial charge in [0.05, 0.1) is 7.11 Å². The van der Waals surface area contributed by atoms with E-state index in [-0.39, 0.29) is 23.3 Å². The van der Waals surface area contributed by atoms with Crippen LogP contribution in [0.15, 0.2) is 54.7 Å². The summed E-state index contributed by atoms with van der Waals surface area (Å²) >= 11 is 0. The maximum Gasteiger partial charge on any atom is 0.213 e. The van der Waals surface area contributed by atoms with Crippen LogP contribution < -0.4 is 9.47 Å². The van der Waals surface area contributed by atoms with Crippen molar-refractivity contribution < 1.29 is 23.3 Å². The quantitative estimate of drug-likeness (QED) is 0.319. The summed E-state index contributed by atoms with van der Waals surface area (Å²) in [4.78, 5) is 14.0. The molecular formula is C28H35FNO4P. The second-order valence-corrected chi connectivity index (χ2v) is 12.9. The molecule has 2 atom stereocenters. The summed E-state index contributed by atoms with van der Waals surface area (Å²) in [6, 6.07) is 14.4. The number of hydrogen-bond acceptors (Lipinski definition) is 4. The highest BCUT2D eigenvalue weighted by molar-refractivity contribution is 7.57. The molecule has 5 nitrogen and oxygen atoms in total. The SMILES string of the molecule is COc1ccc(F)c(-c2ccc(COc3cc(C(C)CP(C)(=O)O)ccn3)cc2CC(C)(C)C)c1. The number of nitrogens with zero attached hydrogens (tertiary/aromatic N) is 1. The first-order chi connectivity index (χ1) is 16.3. The molecule has 0 fully saturated rings. The zero-order valence-electron chi connectivity index (χ0n) is 21.3. The van der Waals surface area contributed by atoms with E-state index < -0.39 is 7.37 Å². The van der Waals surface area contributed by atoms with Gasteiger partial charge in [0.1, 0.15) is 18.2 Å². The fraction of sp³-hybridized carbons (Fsp3) is 0.393. The molecule has 0 radical (unpaired) electrons. The van der Waals surface area contributed by atoms with Gasteiger partial charge in [-0.25, -0.2) is 9.37 Å². The van der Waals surface area contributed by atoms with Crippen LogP contribution >= 0.6 is 7.37 Å². The molecule has 0 saturated carbocycles. The molecule has 0 bridgehead atoms. The lowest BCUT2D eigenvalue weighted by molar-refractivity contribution is 0.293. The lowest BCUT2D eigenvalue weighted by Crippen LogP contribution is -2.11. The van der Waals surface area contributed by atoms with Gasteiger partial charge < -0.3 is 14.4 Å². The van der Waals surface area contributed by atoms with Gasteiger partial charge in [-0.3, -0.25) is 4.57 Å². The van der Waals surface area contributed by atoms with E-state index in [9.17, 15) is 13.8 Å². The number of hydrogen-bond donors (Lipinski definition) is 1. The van der Waals surface area contributed by atoms with Crippen molar-refractivity contribution in [2.45, 2.75) is 46.6 Å². The standard InChI is InChI=1S/C28H35FNO4P/c1-19(18-35(6,31)32)21-11-12-30-27(14-21)34-17-20-7-9-24(22(13-20)16-28(2,3)4)25-15-23(33-5)8-10-26(25)29/h7-15,19H,16-18H2,1-6H3,(H,31,32). The van der Waals surface area contributed by atoms with Gasteiger partial charge in [-0.15, -0.1) is 0 Å². The number of rotatable bonds is 9. The lowest BCUT2D eigenvalue weighted by atomic mass is 9.84. The van der Waals surface area contributed by atoms with E-state index >= 15 is 0 Å². The molecule has 7 heteroatoms. The molecule has 3 rings (SSSR count). The predicted molar refractivity (Wildman–Crippen MR) is 139 cm³/mol. The maximum atomic E-state index is 14.8. The van der Waals surface area contributed by atoms with Gasteiger partial charge in [-0.05, 0) is 64.3 Å². The summed E-state index contributed by atoms with van der Waals surface area (Å²) in [6.45, 7) is 10.0. The van der Waals surface area contributed by atoms with E-state index in [1.807, 2.05) is 31.2 Å². The largest absolute Gasteiger partial charge is 0.497 e. The molecule has 3 aromatic rings. The number of methoxy groups -OCH3 is 1. The number of halogens is 1. The van der Waals surface area contributed by atoms with Crippen molar-refractivity contribution >= 4 is 7.37 Å². The van der Waals surface area contributed by atoms with Gasteiger partial charge >= 0.3 is 0 Å². The monoisotopic (exact) mass is 499 g/mol. The summed E-state index contributed by atoms with van der Waals surface area (Å²) in [5.74, 6) is 0.686. The Balaban J connectivity index is 1.86. The molecule has 1 heterocycles. The van der Waals surface area contributed by atoms with E-state index in [2.05, 4.69) is 31.8 Å². The van der Waals surface area contributed by atoms with Crippen molar-refractivity contribution in [2.24, 2.45) is 5.41 Å². The number of ether oxygens (including phenoxy) is 2. The average Bonchev–Trinajstić information content (AvgIpc) is 2.76. The van der Waals surface area contributed by atoms with Crippen molar-refractivity contribution in [1.82, 2.24) is 4.98 Å². The van der Waals surface area contributed by atoms with Crippen LogP contribution in [0.25, 0.3) is 11.1 Å². The first-order valence-electron chi connectivity index (χ1n) is 11.7. The van der Waals surface area contributed by atoms with Gasteiger partial charge in [0.25, 0.3) is 0 Å². The van der Waals surface area contributed by atoms with E-state index in [4.69, 9.17) is 9.47 Å². The number of pyridine rings is 1. The zero-order valence-corrected chi connectivity index (χ0v) is 22.2. The van der Waals surface area contributed by atoms with Crippen LogP contribution in [0, 0.1) is 11.2 Å². The third kappa shape index (κ3) is 7.91. The summed E-state index contributed by atoms with van der Waals surface area (Å²) in [7, 11) is -1.55. The first-order valence-corrected chi connectivity index (χ1v) is 14.0. The highest BCUT2D eigenvalue weighted by Crippen LogP contribution is 2.40. The molecule has 2 aromatic carbocycles. The lowest BCUT2D eigenvalue weighted by Gasteiger charge is -2.22. The Kier molecular flexibility index (Phi) is 8.40. The topological polar surface area (TPSA) is 68.7 Å². The normalized spacial score (nSPS) is 14.3. The minimum absolute atomic E-state index is 0.00101. The molecule has 1 aromatic heterocycles. The third-order valence-corrected chi connectivity index (χ3v) is 6.91. The van der Waals surface area contributed by atoms with Gasteiger partial charge in [-0.1, -0.05) is 45.9 Å². The Morgan fingerprint density at radius 1 is 1.09 bits per heavy atom. The Labute approximate surface area is 207 Å². The van der Waals surface area contributed by atoms with Gasteiger partial charge in [0, 0.05) is 30.7 Å². The van der Waals surface area contributed by atoms with Crippen LogP contribution in [0.2, 0.25) is 0 Å². The van der Waals surface area contributed by atoms with E-state index in [0.29, 0.717) is 23.8 Å². The molecular weight excluding hydrogens is 464 g/mol.